The highest BCUT2D eigenvalue weighted by Gasteiger charge is 2.58. The average molecular weight is 325 g/mol. The first-order chi connectivity index (χ1) is 10.9. The molecule has 2 fully saturated rings. The summed E-state index contributed by atoms with van der Waals surface area (Å²) in [7, 11) is 1.82. The number of nitrogens with one attached hydrogen (secondary N) is 1. The lowest BCUT2D eigenvalue weighted by Gasteiger charge is -2.59. The molecule has 1 N–H and O–H groups in total. The lowest BCUT2D eigenvalue weighted by Crippen LogP contribution is -2.69. The van der Waals surface area contributed by atoms with Crippen molar-refractivity contribution in [2.45, 2.75) is 71.6 Å². The van der Waals surface area contributed by atoms with Crippen LogP contribution in [0.4, 0.5) is 0 Å². The monoisotopic (exact) mass is 325 g/mol. The summed E-state index contributed by atoms with van der Waals surface area (Å²) in [5, 5.41) is 3.71. The molecule has 0 radical (unpaired) electrons. The van der Waals surface area contributed by atoms with Crippen molar-refractivity contribution in [3.8, 4) is 0 Å². The number of nitrogens with zero attached hydrogens (tertiary/aromatic N) is 2. The van der Waals surface area contributed by atoms with Gasteiger partial charge in [0.05, 0.1) is 11.7 Å². The molecule has 0 bridgehead atoms. The van der Waals surface area contributed by atoms with Gasteiger partial charge in [-0.05, 0) is 40.0 Å². The van der Waals surface area contributed by atoms with Crippen molar-refractivity contribution in [2.75, 3.05) is 33.4 Å². The van der Waals surface area contributed by atoms with Crippen LogP contribution in [-0.2, 0) is 9.47 Å². The van der Waals surface area contributed by atoms with Gasteiger partial charge in [0.2, 0.25) is 0 Å². The van der Waals surface area contributed by atoms with E-state index in [1.165, 1.54) is 0 Å². The van der Waals surface area contributed by atoms with Crippen LogP contribution in [0.3, 0.4) is 0 Å². The zero-order chi connectivity index (χ0) is 17.1. The minimum absolute atomic E-state index is 0.0516. The number of rotatable bonds is 5. The maximum absolute atomic E-state index is 5.76. The van der Waals surface area contributed by atoms with E-state index in [0.29, 0.717) is 12.1 Å². The van der Waals surface area contributed by atoms with Crippen LogP contribution in [0.15, 0.2) is 4.99 Å². The van der Waals surface area contributed by atoms with Gasteiger partial charge in [0, 0.05) is 44.8 Å². The molecule has 2 rings (SSSR count). The Balaban J connectivity index is 1.95. The predicted molar refractivity (Wildman–Crippen MR) is 94.9 cm³/mol. The number of aliphatic imine (C=N–C) groups is 1. The zero-order valence-corrected chi connectivity index (χ0v) is 15.8. The van der Waals surface area contributed by atoms with E-state index in [1.807, 2.05) is 7.11 Å². The van der Waals surface area contributed by atoms with Crippen molar-refractivity contribution in [2.24, 2.45) is 10.4 Å². The van der Waals surface area contributed by atoms with Gasteiger partial charge in [-0.25, -0.2) is 0 Å². The highest BCUT2D eigenvalue weighted by molar-refractivity contribution is 5.80. The third-order valence-corrected chi connectivity index (χ3v) is 6.03. The van der Waals surface area contributed by atoms with E-state index in [4.69, 9.17) is 14.5 Å². The maximum Gasteiger partial charge on any atom is 0.194 e. The molecule has 134 valence electrons. The fourth-order valence-corrected chi connectivity index (χ4v) is 3.74. The van der Waals surface area contributed by atoms with E-state index >= 15 is 0 Å². The average Bonchev–Trinajstić information content (AvgIpc) is 2.54. The largest absolute Gasteiger partial charge is 0.378 e. The van der Waals surface area contributed by atoms with E-state index in [2.05, 4.69) is 44.8 Å². The molecule has 23 heavy (non-hydrogen) atoms. The quantitative estimate of drug-likeness (QED) is 0.623. The zero-order valence-electron chi connectivity index (χ0n) is 15.8. The summed E-state index contributed by atoms with van der Waals surface area (Å²) in [4.78, 5) is 7.12. The molecule has 5 nitrogen and oxygen atoms in total. The Morgan fingerprint density at radius 2 is 1.87 bits per heavy atom. The summed E-state index contributed by atoms with van der Waals surface area (Å²) in [6.07, 6.45) is 3.61. The summed E-state index contributed by atoms with van der Waals surface area (Å²) >= 11 is 0. The first-order valence-corrected chi connectivity index (χ1v) is 9.10. The molecular formula is C18H35N3O2. The predicted octanol–water partition coefficient (Wildman–Crippen LogP) is 2.66. The second kappa shape index (κ2) is 7.39. The molecule has 1 aliphatic heterocycles. The molecule has 1 saturated carbocycles. The summed E-state index contributed by atoms with van der Waals surface area (Å²) in [6, 6.07) is 0.405. The first-order valence-electron chi connectivity index (χ1n) is 9.10. The Bertz CT molecular complexity index is 416. The molecule has 2 unspecified atom stereocenters. The van der Waals surface area contributed by atoms with Crippen LogP contribution >= 0.6 is 0 Å². The Morgan fingerprint density at radius 1 is 1.22 bits per heavy atom. The number of hydrogen-bond acceptors (Lipinski definition) is 3. The van der Waals surface area contributed by atoms with Gasteiger partial charge in [-0.1, -0.05) is 13.8 Å². The second-order valence-electron chi connectivity index (χ2n) is 7.50. The summed E-state index contributed by atoms with van der Waals surface area (Å²) in [6.45, 7) is 14.6. The van der Waals surface area contributed by atoms with Gasteiger partial charge in [0.1, 0.15) is 0 Å². The Morgan fingerprint density at radius 3 is 2.35 bits per heavy atom. The highest BCUT2D eigenvalue weighted by Crippen LogP contribution is 2.51. The molecule has 0 aromatic carbocycles. The van der Waals surface area contributed by atoms with Crippen LogP contribution in [0, 0.1) is 5.41 Å². The van der Waals surface area contributed by atoms with E-state index in [-0.39, 0.29) is 11.0 Å². The minimum atomic E-state index is -0.0516. The maximum atomic E-state index is 5.76. The molecule has 0 aromatic heterocycles. The molecule has 1 saturated heterocycles. The fraction of sp³-hybridized carbons (Fsp3) is 0.944. The van der Waals surface area contributed by atoms with Gasteiger partial charge < -0.3 is 19.7 Å². The van der Waals surface area contributed by atoms with Gasteiger partial charge in [0.15, 0.2) is 5.96 Å². The van der Waals surface area contributed by atoms with E-state index in [1.54, 1.807) is 0 Å². The van der Waals surface area contributed by atoms with Gasteiger partial charge >= 0.3 is 0 Å². The Kier molecular flexibility index (Phi) is 5.95. The Hall–Kier alpha value is -0.810. The van der Waals surface area contributed by atoms with Gasteiger partial charge in [0.25, 0.3) is 0 Å². The van der Waals surface area contributed by atoms with Crippen molar-refractivity contribution < 1.29 is 9.47 Å². The SMILES string of the molecule is CCN=C(NC1CC(C)(OC)C1(C)C)N1CCC(OCC)CC1. The smallest absolute Gasteiger partial charge is 0.194 e. The van der Waals surface area contributed by atoms with Crippen molar-refractivity contribution in [3.05, 3.63) is 0 Å². The van der Waals surface area contributed by atoms with E-state index in [9.17, 15) is 0 Å². The Labute approximate surface area is 141 Å². The van der Waals surface area contributed by atoms with Crippen molar-refractivity contribution in [3.63, 3.8) is 0 Å². The molecule has 0 aromatic rings. The number of hydrogen-bond donors (Lipinski definition) is 1. The standard InChI is InChI=1S/C18H35N3O2/c1-7-19-16(21-11-9-14(10-12-21)23-8-2)20-15-13-18(5,22-6)17(15,3)4/h14-15H,7-13H2,1-6H3,(H,19,20). The van der Waals surface area contributed by atoms with Crippen LogP contribution in [0.25, 0.3) is 0 Å². The van der Waals surface area contributed by atoms with Gasteiger partial charge in [-0.2, -0.15) is 0 Å². The molecule has 5 heteroatoms. The summed E-state index contributed by atoms with van der Waals surface area (Å²) in [5.74, 6) is 1.05. The van der Waals surface area contributed by atoms with E-state index < -0.39 is 0 Å². The van der Waals surface area contributed by atoms with Crippen molar-refractivity contribution >= 4 is 5.96 Å². The highest BCUT2D eigenvalue weighted by atomic mass is 16.5. The van der Waals surface area contributed by atoms with Crippen molar-refractivity contribution in [1.82, 2.24) is 10.2 Å². The lowest BCUT2D eigenvalue weighted by atomic mass is 9.56. The third kappa shape index (κ3) is 3.66. The number of piperidine rings is 1. The van der Waals surface area contributed by atoms with Crippen LogP contribution < -0.4 is 5.32 Å². The van der Waals surface area contributed by atoms with Gasteiger partial charge in [-0.3, -0.25) is 4.99 Å². The van der Waals surface area contributed by atoms with Gasteiger partial charge in [-0.15, -0.1) is 0 Å². The summed E-state index contributed by atoms with van der Waals surface area (Å²) < 4.78 is 11.5. The lowest BCUT2D eigenvalue weighted by molar-refractivity contribution is -0.177. The molecular weight excluding hydrogens is 290 g/mol. The second-order valence-corrected chi connectivity index (χ2v) is 7.50. The molecule has 2 atom stereocenters. The molecule has 1 heterocycles. The molecule has 0 amide bonds. The fourth-order valence-electron chi connectivity index (χ4n) is 3.74. The number of ether oxygens (including phenoxy) is 2. The van der Waals surface area contributed by atoms with E-state index in [0.717, 1.165) is 51.5 Å². The molecule has 0 spiro atoms. The van der Waals surface area contributed by atoms with Crippen molar-refractivity contribution in [1.29, 1.82) is 0 Å². The normalized spacial score (nSPS) is 31.8. The molecule has 2 aliphatic rings. The van der Waals surface area contributed by atoms with Crippen LogP contribution in [0.1, 0.15) is 53.9 Å². The number of methoxy groups -OCH3 is 1. The van der Waals surface area contributed by atoms with Crippen LogP contribution in [0.5, 0.6) is 0 Å². The minimum Gasteiger partial charge on any atom is -0.378 e. The number of guanidine groups is 1. The van der Waals surface area contributed by atoms with Crippen LogP contribution in [0.2, 0.25) is 0 Å². The first kappa shape index (κ1) is 18.5. The third-order valence-electron chi connectivity index (χ3n) is 6.03. The van der Waals surface area contributed by atoms with Crippen LogP contribution in [-0.4, -0.2) is 62.0 Å². The summed E-state index contributed by atoms with van der Waals surface area (Å²) in [5.41, 5.74) is 0.0455. The number of likely N-dealkylation sites (tertiary alicyclic amines) is 1. The topological polar surface area (TPSA) is 46.1 Å². The molecule has 1 aliphatic carbocycles.